The number of hydrogen-bond donors (Lipinski definition) is 2. The highest BCUT2D eigenvalue weighted by Gasteiger charge is 2.24. The first-order valence-corrected chi connectivity index (χ1v) is 10.9. The van der Waals surface area contributed by atoms with Gasteiger partial charge in [-0.05, 0) is 37.0 Å². The number of aromatic carboxylic acids is 1. The quantitative estimate of drug-likeness (QED) is 0.685. The molecule has 1 amide bonds. The van der Waals surface area contributed by atoms with Gasteiger partial charge in [0.1, 0.15) is 10.8 Å². The van der Waals surface area contributed by atoms with Crippen molar-refractivity contribution in [2.24, 2.45) is 0 Å². The maximum atomic E-state index is 12.7. The Morgan fingerprint density at radius 2 is 1.90 bits per heavy atom. The number of carboxylic acid groups (broad SMARTS) is 1. The third-order valence-electron chi connectivity index (χ3n) is 4.13. The number of anilines is 1. The zero-order valence-corrected chi connectivity index (χ0v) is 18.5. The molecule has 0 fully saturated rings. The van der Waals surface area contributed by atoms with Crippen LogP contribution in [0.5, 0.6) is 5.75 Å². The summed E-state index contributed by atoms with van der Waals surface area (Å²) in [6.07, 6.45) is 3.06. The van der Waals surface area contributed by atoms with E-state index in [-0.39, 0.29) is 28.0 Å². The molecule has 0 saturated carbocycles. The molecule has 0 radical (unpaired) electrons. The van der Waals surface area contributed by atoms with E-state index in [2.05, 4.69) is 4.98 Å². The van der Waals surface area contributed by atoms with E-state index >= 15 is 0 Å². The van der Waals surface area contributed by atoms with E-state index in [1.165, 1.54) is 11.8 Å². The Bertz CT molecular complexity index is 840. The lowest BCUT2D eigenvalue weighted by atomic mass is 9.98. The Hall–Kier alpha value is -2.54. The molecule has 1 aliphatic heterocycles. The van der Waals surface area contributed by atoms with Gasteiger partial charge in [0.05, 0.1) is 11.3 Å². The van der Waals surface area contributed by atoms with Crippen LogP contribution in [0.4, 0.5) is 5.69 Å². The van der Waals surface area contributed by atoms with E-state index in [1.54, 1.807) is 4.90 Å². The van der Waals surface area contributed by atoms with Crippen molar-refractivity contribution in [1.29, 1.82) is 0 Å². The van der Waals surface area contributed by atoms with E-state index in [9.17, 15) is 14.7 Å². The Morgan fingerprint density at radius 3 is 2.52 bits per heavy atom. The molecule has 3 rings (SSSR count). The number of carbonyl (C=O) groups excluding carboxylic acids is 1. The van der Waals surface area contributed by atoms with Gasteiger partial charge in [-0.2, -0.15) is 0 Å². The predicted octanol–water partition coefficient (Wildman–Crippen LogP) is 4.92. The number of benzene rings is 1. The first-order chi connectivity index (χ1) is 14.0. The fourth-order valence-corrected chi connectivity index (χ4v) is 3.72. The normalized spacial score (nSPS) is 12.0. The fraction of sp³-hybridized carbons (Fsp3) is 0.409. The molecule has 29 heavy (non-hydrogen) atoms. The van der Waals surface area contributed by atoms with E-state index in [0.29, 0.717) is 6.54 Å². The number of hydrogen-bond acceptors (Lipinski definition) is 5. The number of thioether (sulfide) groups is 1. The van der Waals surface area contributed by atoms with Crippen LogP contribution in [0.1, 0.15) is 55.6 Å². The number of aromatic hydroxyl groups is 1. The summed E-state index contributed by atoms with van der Waals surface area (Å²) in [5.41, 5.74) is 3.14. The van der Waals surface area contributed by atoms with Crippen LogP contribution in [0.25, 0.3) is 0 Å². The van der Waals surface area contributed by atoms with Gasteiger partial charge in [-0.1, -0.05) is 57.7 Å². The lowest BCUT2D eigenvalue weighted by Crippen LogP contribution is -2.37. The summed E-state index contributed by atoms with van der Waals surface area (Å²) in [5, 5.41) is 19.0. The number of aromatic nitrogens is 1. The average molecular weight is 419 g/mol. The lowest BCUT2D eigenvalue weighted by Gasteiger charge is -2.31. The van der Waals surface area contributed by atoms with Gasteiger partial charge in [-0.25, -0.2) is 9.78 Å². The summed E-state index contributed by atoms with van der Waals surface area (Å²) in [6.45, 7) is 10.7. The van der Waals surface area contributed by atoms with Crippen LogP contribution in [0.3, 0.4) is 0 Å². The Kier molecular flexibility index (Phi) is 10.2. The summed E-state index contributed by atoms with van der Waals surface area (Å²) in [4.78, 5) is 29.3. The molecule has 2 aromatic rings. The van der Waals surface area contributed by atoms with Crippen molar-refractivity contribution in [1.82, 2.24) is 4.98 Å². The minimum atomic E-state index is -1.16. The second-order valence-corrected chi connectivity index (χ2v) is 6.84. The predicted molar refractivity (Wildman–Crippen MR) is 118 cm³/mol. The number of pyridine rings is 1. The minimum absolute atomic E-state index is 0.0521. The second kappa shape index (κ2) is 12.1. The highest BCUT2D eigenvalue weighted by atomic mass is 32.2. The number of aryl methyl sites for hydroxylation is 2. The number of rotatable bonds is 4. The van der Waals surface area contributed by atoms with Crippen LogP contribution >= 0.6 is 11.8 Å². The van der Waals surface area contributed by atoms with Crippen LogP contribution < -0.4 is 4.90 Å². The molecule has 2 N–H and O–H groups in total. The molecule has 0 atom stereocenters. The van der Waals surface area contributed by atoms with E-state index in [1.807, 2.05) is 52.8 Å². The number of carbonyl (C=O) groups is 2. The zero-order valence-electron chi connectivity index (χ0n) is 17.7. The molecule has 2 heterocycles. The third-order valence-corrected chi connectivity index (χ3v) is 5.11. The van der Waals surface area contributed by atoms with Gasteiger partial charge in [0.25, 0.3) is 0 Å². The Balaban J connectivity index is 0.000000989. The first-order valence-electron chi connectivity index (χ1n) is 9.91. The highest BCUT2D eigenvalue weighted by molar-refractivity contribution is 8.00. The van der Waals surface area contributed by atoms with Gasteiger partial charge in [0.15, 0.2) is 0 Å². The number of para-hydroxylation sites is 1. The van der Waals surface area contributed by atoms with Crippen molar-refractivity contribution in [2.75, 3.05) is 17.2 Å². The molecule has 6 nitrogen and oxygen atoms in total. The zero-order chi connectivity index (χ0) is 22.0. The molecule has 1 aromatic heterocycles. The van der Waals surface area contributed by atoms with Crippen LogP contribution in [-0.4, -0.2) is 39.4 Å². The lowest BCUT2D eigenvalue weighted by molar-refractivity contribution is -0.116. The molecule has 1 aliphatic rings. The molecule has 0 saturated heterocycles. The van der Waals surface area contributed by atoms with Crippen molar-refractivity contribution in [3.05, 3.63) is 47.2 Å². The SMILES string of the molecule is CC.CC.Cc1cccc2c1N(C(=O)CSc1ncc(C(=O)O)cc1O)CCC2. The molecule has 7 heteroatoms. The molecular formula is C22H30N2O4S. The summed E-state index contributed by atoms with van der Waals surface area (Å²) >= 11 is 1.10. The van der Waals surface area contributed by atoms with Crippen LogP contribution in [0.2, 0.25) is 0 Å². The van der Waals surface area contributed by atoms with Gasteiger partial charge in [0.2, 0.25) is 5.91 Å². The van der Waals surface area contributed by atoms with Gasteiger partial charge in [-0.15, -0.1) is 0 Å². The van der Waals surface area contributed by atoms with Crippen LogP contribution in [-0.2, 0) is 11.2 Å². The topological polar surface area (TPSA) is 90.7 Å². The summed E-state index contributed by atoms with van der Waals surface area (Å²) < 4.78 is 0. The Labute approximate surface area is 177 Å². The number of nitrogens with zero attached hydrogens (tertiary/aromatic N) is 2. The standard InChI is InChI=1S/C18H18N2O4S.2C2H6/c1-11-4-2-5-12-6-3-7-20(16(11)12)15(22)10-25-17-14(21)8-13(9-19-17)18(23)24;2*1-2/h2,4-5,8-9,21H,3,6-7,10H2,1H3,(H,23,24);2*1-2H3. The summed E-state index contributed by atoms with van der Waals surface area (Å²) in [7, 11) is 0. The van der Waals surface area contributed by atoms with Gasteiger partial charge < -0.3 is 15.1 Å². The highest BCUT2D eigenvalue weighted by Crippen LogP contribution is 2.32. The average Bonchev–Trinajstić information content (AvgIpc) is 2.75. The largest absolute Gasteiger partial charge is 0.505 e. The minimum Gasteiger partial charge on any atom is -0.505 e. The van der Waals surface area contributed by atoms with Crippen molar-refractivity contribution in [2.45, 2.75) is 52.5 Å². The van der Waals surface area contributed by atoms with E-state index < -0.39 is 5.97 Å². The monoisotopic (exact) mass is 418 g/mol. The first kappa shape index (κ1) is 24.5. The van der Waals surface area contributed by atoms with Crippen LogP contribution in [0.15, 0.2) is 35.5 Å². The number of fused-ring (bicyclic) bond motifs is 1. The van der Waals surface area contributed by atoms with E-state index in [0.717, 1.165) is 41.9 Å². The molecule has 0 bridgehead atoms. The second-order valence-electron chi connectivity index (χ2n) is 5.87. The third kappa shape index (κ3) is 6.22. The van der Waals surface area contributed by atoms with Crippen molar-refractivity contribution >= 4 is 29.3 Å². The van der Waals surface area contributed by atoms with Crippen molar-refractivity contribution < 1.29 is 19.8 Å². The van der Waals surface area contributed by atoms with E-state index in [4.69, 9.17) is 5.11 Å². The van der Waals surface area contributed by atoms with Crippen molar-refractivity contribution in [3.8, 4) is 5.75 Å². The summed E-state index contributed by atoms with van der Waals surface area (Å²) in [5.74, 6) is -1.31. The number of amides is 1. The van der Waals surface area contributed by atoms with Gasteiger partial charge >= 0.3 is 5.97 Å². The Morgan fingerprint density at radius 1 is 1.21 bits per heavy atom. The molecular weight excluding hydrogens is 388 g/mol. The molecule has 0 spiro atoms. The summed E-state index contributed by atoms with van der Waals surface area (Å²) in [6, 6.07) is 7.19. The van der Waals surface area contributed by atoms with Gasteiger partial charge in [-0.3, -0.25) is 4.79 Å². The number of carboxylic acids is 1. The fourth-order valence-electron chi connectivity index (χ4n) is 2.97. The maximum absolute atomic E-state index is 12.7. The smallest absolute Gasteiger partial charge is 0.337 e. The molecule has 158 valence electrons. The molecule has 1 aromatic carbocycles. The molecule has 0 unspecified atom stereocenters. The van der Waals surface area contributed by atoms with Gasteiger partial charge in [0, 0.05) is 18.4 Å². The maximum Gasteiger partial charge on any atom is 0.337 e. The molecule has 0 aliphatic carbocycles. The van der Waals surface area contributed by atoms with Crippen LogP contribution in [0, 0.1) is 6.92 Å². The van der Waals surface area contributed by atoms with Crippen molar-refractivity contribution in [3.63, 3.8) is 0 Å².